The lowest BCUT2D eigenvalue weighted by molar-refractivity contribution is 0.426. The highest BCUT2D eigenvalue weighted by Crippen LogP contribution is 2.34. The fourth-order valence-corrected chi connectivity index (χ4v) is 4.33. The van der Waals surface area contributed by atoms with Crippen LogP contribution in [0.25, 0.3) is 33.4 Å². The summed E-state index contributed by atoms with van der Waals surface area (Å²) in [5.74, 6) is 0. The van der Waals surface area contributed by atoms with Crippen molar-refractivity contribution in [3.8, 4) is 33.4 Å². The molecule has 0 fully saturated rings. The summed E-state index contributed by atoms with van der Waals surface area (Å²) >= 11 is 0. The summed E-state index contributed by atoms with van der Waals surface area (Å²) < 4.78 is 0. The fraction of sp³-hybridized carbons (Fsp3) is 0.250. The van der Waals surface area contributed by atoms with Gasteiger partial charge in [0.05, 0.1) is 0 Å². The van der Waals surface area contributed by atoms with Crippen LogP contribution in [-0.4, -0.2) is 17.2 Å². The van der Waals surface area contributed by atoms with Gasteiger partial charge in [0, 0.05) is 0 Å². The third-order valence-corrected chi connectivity index (χ3v) is 6.62. The molecule has 178 valence electrons. The number of hydrogen-bond donors (Lipinski definition) is 2. The van der Waals surface area contributed by atoms with E-state index in [-0.39, 0.29) is 10.8 Å². The minimum atomic E-state index is -1.49. The standard InChI is InChI=1S/C32H35BO2/c1-31(2,3)28-14-10-22(11-15-28)25-18-26(23-12-16-29(17-13-23)32(4,5)6)20-27(19-25)24-8-7-9-30(21-24)33(34)35/h7-21,34-35H,1-6H3. The van der Waals surface area contributed by atoms with E-state index in [1.165, 1.54) is 11.1 Å². The van der Waals surface area contributed by atoms with Crippen LogP contribution >= 0.6 is 0 Å². The summed E-state index contributed by atoms with van der Waals surface area (Å²) in [6.45, 7) is 13.4. The molecular weight excluding hydrogens is 427 g/mol. The molecule has 0 saturated carbocycles. The van der Waals surface area contributed by atoms with Gasteiger partial charge in [-0.05, 0) is 79.0 Å². The highest BCUT2D eigenvalue weighted by Gasteiger charge is 2.16. The van der Waals surface area contributed by atoms with E-state index in [1.807, 2.05) is 18.2 Å². The Morgan fingerprint density at radius 2 is 0.857 bits per heavy atom. The molecule has 0 unspecified atom stereocenters. The second-order valence-electron chi connectivity index (χ2n) is 11.5. The first-order valence-corrected chi connectivity index (χ1v) is 12.3. The number of benzene rings is 4. The van der Waals surface area contributed by atoms with Gasteiger partial charge >= 0.3 is 7.12 Å². The molecule has 2 N–H and O–H groups in total. The van der Waals surface area contributed by atoms with Crippen LogP contribution in [0.2, 0.25) is 0 Å². The highest BCUT2D eigenvalue weighted by atomic mass is 16.4. The molecule has 0 aliphatic rings. The molecule has 2 nitrogen and oxygen atoms in total. The van der Waals surface area contributed by atoms with Gasteiger partial charge in [-0.3, -0.25) is 0 Å². The summed E-state index contributed by atoms with van der Waals surface area (Å²) in [6, 6.07) is 31.7. The predicted molar refractivity (Wildman–Crippen MR) is 150 cm³/mol. The number of hydrogen-bond acceptors (Lipinski definition) is 2. The number of rotatable bonds is 4. The first kappa shape index (κ1) is 25.0. The average Bonchev–Trinajstić information content (AvgIpc) is 2.83. The quantitative estimate of drug-likeness (QED) is 0.322. The third kappa shape index (κ3) is 5.75. The molecule has 0 aliphatic heterocycles. The molecule has 4 aromatic carbocycles. The Labute approximate surface area is 210 Å². The molecule has 0 atom stereocenters. The summed E-state index contributed by atoms with van der Waals surface area (Å²) in [5.41, 5.74) is 9.88. The molecule has 0 bridgehead atoms. The molecule has 0 saturated heterocycles. The maximum atomic E-state index is 9.70. The van der Waals surface area contributed by atoms with Crippen LogP contribution in [0, 0.1) is 0 Å². The van der Waals surface area contributed by atoms with Crippen molar-refractivity contribution in [2.45, 2.75) is 52.4 Å². The first-order chi connectivity index (χ1) is 16.4. The Hall–Kier alpha value is -3.14. The van der Waals surface area contributed by atoms with Crippen LogP contribution < -0.4 is 5.46 Å². The van der Waals surface area contributed by atoms with Gasteiger partial charge in [0.2, 0.25) is 0 Å². The van der Waals surface area contributed by atoms with Gasteiger partial charge < -0.3 is 10.0 Å². The second-order valence-corrected chi connectivity index (χ2v) is 11.5. The van der Waals surface area contributed by atoms with Gasteiger partial charge in [-0.1, -0.05) is 114 Å². The minimum Gasteiger partial charge on any atom is -0.423 e. The molecule has 0 aromatic heterocycles. The molecule has 0 amide bonds. The topological polar surface area (TPSA) is 40.5 Å². The minimum absolute atomic E-state index is 0.103. The molecule has 0 spiro atoms. The second kappa shape index (κ2) is 9.49. The van der Waals surface area contributed by atoms with Gasteiger partial charge in [-0.15, -0.1) is 0 Å². The molecule has 0 aliphatic carbocycles. The molecule has 4 rings (SSSR count). The van der Waals surface area contributed by atoms with Crippen LogP contribution in [0.4, 0.5) is 0 Å². The summed E-state index contributed by atoms with van der Waals surface area (Å²) in [7, 11) is -1.49. The Morgan fingerprint density at radius 3 is 1.23 bits per heavy atom. The molecule has 4 aromatic rings. The van der Waals surface area contributed by atoms with Crippen LogP contribution in [0.3, 0.4) is 0 Å². The molecule has 0 heterocycles. The van der Waals surface area contributed by atoms with Crippen molar-refractivity contribution >= 4 is 12.6 Å². The zero-order valence-electron chi connectivity index (χ0n) is 21.6. The molecule has 0 radical (unpaired) electrons. The van der Waals surface area contributed by atoms with Crippen LogP contribution in [-0.2, 0) is 10.8 Å². The maximum absolute atomic E-state index is 9.70. The van der Waals surface area contributed by atoms with E-state index in [0.29, 0.717) is 5.46 Å². The predicted octanol–water partition coefficient (Wildman–Crippen LogP) is 6.96. The Kier molecular flexibility index (Phi) is 6.77. The fourth-order valence-electron chi connectivity index (χ4n) is 4.33. The highest BCUT2D eigenvalue weighted by molar-refractivity contribution is 6.58. The van der Waals surface area contributed by atoms with E-state index < -0.39 is 7.12 Å². The van der Waals surface area contributed by atoms with Crippen molar-refractivity contribution < 1.29 is 10.0 Å². The third-order valence-electron chi connectivity index (χ3n) is 6.62. The van der Waals surface area contributed by atoms with E-state index in [0.717, 1.165) is 33.4 Å². The largest absolute Gasteiger partial charge is 0.488 e. The molecule has 3 heteroatoms. The smallest absolute Gasteiger partial charge is 0.423 e. The summed E-state index contributed by atoms with van der Waals surface area (Å²) in [6.07, 6.45) is 0. The van der Waals surface area contributed by atoms with Gasteiger partial charge in [0.15, 0.2) is 0 Å². The van der Waals surface area contributed by atoms with E-state index in [2.05, 4.69) is 108 Å². The Morgan fingerprint density at radius 1 is 0.457 bits per heavy atom. The van der Waals surface area contributed by atoms with Crippen LogP contribution in [0.1, 0.15) is 52.7 Å². The first-order valence-electron chi connectivity index (χ1n) is 12.3. The molecule has 35 heavy (non-hydrogen) atoms. The lowest BCUT2D eigenvalue weighted by Gasteiger charge is -2.20. The van der Waals surface area contributed by atoms with Crippen LogP contribution in [0.15, 0.2) is 91.0 Å². The van der Waals surface area contributed by atoms with Gasteiger partial charge in [-0.2, -0.15) is 0 Å². The lowest BCUT2D eigenvalue weighted by atomic mass is 9.79. The van der Waals surface area contributed by atoms with Crippen molar-refractivity contribution in [2.24, 2.45) is 0 Å². The van der Waals surface area contributed by atoms with Crippen molar-refractivity contribution in [1.82, 2.24) is 0 Å². The normalized spacial score (nSPS) is 12.0. The van der Waals surface area contributed by atoms with E-state index in [9.17, 15) is 10.0 Å². The summed E-state index contributed by atoms with van der Waals surface area (Å²) in [4.78, 5) is 0. The van der Waals surface area contributed by atoms with Gasteiger partial charge in [0.25, 0.3) is 0 Å². The van der Waals surface area contributed by atoms with E-state index in [1.54, 1.807) is 6.07 Å². The maximum Gasteiger partial charge on any atom is 0.488 e. The zero-order chi connectivity index (χ0) is 25.4. The Bertz CT molecular complexity index is 1230. The molecular formula is C32H35BO2. The Balaban J connectivity index is 1.85. The van der Waals surface area contributed by atoms with Gasteiger partial charge in [0.1, 0.15) is 0 Å². The average molecular weight is 462 g/mol. The van der Waals surface area contributed by atoms with E-state index in [4.69, 9.17) is 0 Å². The monoisotopic (exact) mass is 462 g/mol. The van der Waals surface area contributed by atoms with Gasteiger partial charge in [-0.25, -0.2) is 0 Å². The SMILES string of the molecule is CC(C)(C)c1ccc(-c2cc(-c3ccc(C(C)(C)C)cc3)cc(-c3cccc(B(O)O)c3)c2)cc1. The van der Waals surface area contributed by atoms with Crippen molar-refractivity contribution in [2.75, 3.05) is 0 Å². The van der Waals surface area contributed by atoms with Crippen molar-refractivity contribution in [3.63, 3.8) is 0 Å². The van der Waals surface area contributed by atoms with Crippen molar-refractivity contribution in [3.05, 3.63) is 102 Å². The van der Waals surface area contributed by atoms with Crippen molar-refractivity contribution in [1.29, 1.82) is 0 Å². The zero-order valence-corrected chi connectivity index (χ0v) is 21.6. The lowest BCUT2D eigenvalue weighted by Crippen LogP contribution is -2.29. The summed E-state index contributed by atoms with van der Waals surface area (Å²) in [5, 5.41) is 19.4. The van der Waals surface area contributed by atoms with Crippen LogP contribution in [0.5, 0.6) is 0 Å². The van der Waals surface area contributed by atoms with E-state index >= 15 is 0 Å².